The highest BCUT2D eigenvalue weighted by Gasteiger charge is 2.22. The van der Waals surface area contributed by atoms with Crippen LogP contribution in [-0.4, -0.2) is 35.6 Å². The summed E-state index contributed by atoms with van der Waals surface area (Å²) in [5, 5.41) is 11.0. The van der Waals surface area contributed by atoms with E-state index in [0.717, 1.165) is 0 Å². The van der Waals surface area contributed by atoms with Crippen molar-refractivity contribution in [3.05, 3.63) is 24.3 Å². The Morgan fingerprint density at radius 1 is 1.24 bits per heavy atom. The predicted molar refractivity (Wildman–Crippen MR) is 60.2 cm³/mol. The summed E-state index contributed by atoms with van der Waals surface area (Å²) in [4.78, 5) is 33.0. The topological polar surface area (TPSA) is 92.7 Å². The van der Waals surface area contributed by atoms with Crippen molar-refractivity contribution in [3.8, 4) is 0 Å². The molecular weight excluding hydrogens is 226 g/mol. The van der Waals surface area contributed by atoms with Crippen molar-refractivity contribution in [1.29, 1.82) is 0 Å². The van der Waals surface area contributed by atoms with Crippen LogP contribution in [0.4, 0.5) is 0 Å². The second-order valence-corrected chi connectivity index (χ2v) is 3.52. The van der Waals surface area contributed by atoms with Gasteiger partial charge in [-0.05, 0) is 13.8 Å². The number of carboxylic acids is 1. The van der Waals surface area contributed by atoms with E-state index in [-0.39, 0.29) is 11.1 Å². The first-order valence-corrected chi connectivity index (χ1v) is 4.77. The van der Waals surface area contributed by atoms with Gasteiger partial charge in [-0.2, -0.15) is 0 Å². The van der Waals surface area contributed by atoms with Crippen LogP contribution in [0.1, 0.15) is 13.8 Å². The van der Waals surface area contributed by atoms with Gasteiger partial charge in [-0.15, -0.1) is 0 Å². The number of aliphatic carboxylic acids is 1. The first kappa shape index (κ1) is 14.9. The number of nitrogens with one attached hydrogen (secondary N) is 1. The highest BCUT2D eigenvalue weighted by molar-refractivity contribution is 5.95. The molecule has 0 aliphatic rings. The van der Waals surface area contributed by atoms with Crippen molar-refractivity contribution in [2.24, 2.45) is 0 Å². The average molecular weight is 241 g/mol. The van der Waals surface area contributed by atoms with Gasteiger partial charge in [0.05, 0.1) is 0 Å². The first-order valence-electron chi connectivity index (χ1n) is 4.77. The average Bonchev–Trinajstić information content (AvgIpc) is 2.22. The number of rotatable bonds is 6. The Labute approximate surface area is 99.0 Å². The molecule has 6 heteroatoms. The van der Waals surface area contributed by atoms with Crippen LogP contribution < -0.4 is 5.32 Å². The Morgan fingerprint density at radius 3 is 2.12 bits per heavy atom. The van der Waals surface area contributed by atoms with Crippen LogP contribution in [0, 0.1) is 0 Å². The van der Waals surface area contributed by atoms with Gasteiger partial charge in [0, 0.05) is 11.1 Å². The van der Waals surface area contributed by atoms with Crippen molar-refractivity contribution >= 4 is 17.8 Å². The van der Waals surface area contributed by atoms with Crippen LogP contribution >= 0.6 is 0 Å². The van der Waals surface area contributed by atoms with Gasteiger partial charge in [0.25, 0.3) is 0 Å². The standard InChI is InChI=1S/C11H15NO5/c1-6(2)9(13)12-8(10(14)15)5-17-11(16)7(3)4/h8H,1,3,5H2,2,4H3,(H,12,13)(H,14,15)/t8-/m0/s1. The molecule has 2 N–H and O–H groups in total. The van der Waals surface area contributed by atoms with Crippen LogP contribution in [0.25, 0.3) is 0 Å². The van der Waals surface area contributed by atoms with Gasteiger partial charge in [0.1, 0.15) is 6.61 Å². The van der Waals surface area contributed by atoms with E-state index in [0.29, 0.717) is 0 Å². The molecular formula is C11H15NO5. The van der Waals surface area contributed by atoms with E-state index in [9.17, 15) is 14.4 Å². The maximum Gasteiger partial charge on any atom is 0.333 e. The van der Waals surface area contributed by atoms with Gasteiger partial charge in [0.15, 0.2) is 6.04 Å². The molecule has 17 heavy (non-hydrogen) atoms. The number of carbonyl (C=O) groups excluding carboxylic acids is 2. The normalized spacial score (nSPS) is 11.2. The number of ether oxygens (including phenoxy) is 1. The zero-order chi connectivity index (χ0) is 13.6. The molecule has 0 radical (unpaired) electrons. The Kier molecular flexibility index (Phi) is 5.66. The smallest absolute Gasteiger partial charge is 0.333 e. The monoisotopic (exact) mass is 241 g/mol. The molecule has 0 saturated heterocycles. The van der Waals surface area contributed by atoms with Gasteiger partial charge < -0.3 is 15.2 Å². The summed E-state index contributed by atoms with van der Waals surface area (Å²) in [7, 11) is 0. The number of esters is 1. The largest absolute Gasteiger partial charge is 0.480 e. The number of amides is 1. The molecule has 0 spiro atoms. The molecule has 0 aromatic rings. The lowest BCUT2D eigenvalue weighted by molar-refractivity contribution is -0.147. The lowest BCUT2D eigenvalue weighted by Crippen LogP contribution is -2.44. The van der Waals surface area contributed by atoms with Crippen molar-refractivity contribution in [3.63, 3.8) is 0 Å². The molecule has 0 aliphatic carbocycles. The Morgan fingerprint density at radius 2 is 1.76 bits per heavy atom. The second kappa shape index (κ2) is 6.47. The molecule has 94 valence electrons. The molecule has 0 bridgehead atoms. The van der Waals surface area contributed by atoms with E-state index in [4.69, 9.17) is 5.11 Å². The molecule has 0 rings (SSSR count). The van der Waals surface area contributed by atoms with Crippen molar-refractivity contribution in [2.45, 2.75) is 19.9 Å². The molecule has 0 saturated carbocycles. The minimum atomic E-state index is -1.30. The summed E-state index contributed by atoms with van der Waals surface area (Å²) in [6, 6.07) is -1.30. The quantitative estimate of drug-likeness (QED) is 0.513. The third-order valence-corrected chi connectivity index (χ3v) is 1.72. The SMILES string of the molecule is C=C(C)C(=O)N[C@@H](COC(=O)C(=C)C)C(=O)O. The summed E-state index contributed by atoms with van der Waals surface area (Å²) in [6.45, 7) is 9.12. The minimum Gasteiger partial charge on any atom is -0.480 e. The van der Waals surface area contributed by atoms with E-state index < -0.39 is 30.5 Å². The molecule has 0 fully saturated rings. The maximum atomic E-state index is 11.2. The Bertz CT molecular complexity index is 372. The second-order valence-electron chi connectivity index (χ2n) is 3.52. The molecule has 1 atom stereocenters. The molecule has 1 amide bonds. The number of carbonyl (C=O) groups is 3. The van der Waals surface area contributed by atoms with E-state index in [2.05, 4.69) is 23.2 Å². The fourth-order valence-corrected chi connectivity index (χ4v) is 0.738. The zero-order valence-corrected chi connectivity index (χ0v) is 9.78. The van der Waals surface area contributed by atoms with Crippen LogP contribution in [0.15, 0.2) is 24.3 Å². The van der Waals surface area contributed by atoms with Crippen molar-refractivity contribution in [2.75, 3.05) is 6.61 Å². The van der Waals surface area contributed by atoms with Crippen LogP contribution in [0.3, 0.4) is 0 Å². The predicted octanol–water partition coefficient (Wildman–Crippen LogP) is 0.251. The fraction of sp³-hybridized carbons (Fsp3) is 0.364. The van der Waals surface area contributed by atoms with Gasteiger partial charge in [0.2, 0.25) is 5.91 Å². The van der Waals surface area contributed by atoms with Crippen molar-refractivity contribution in [1.82, 2.24) is 5.32 Å². The van der Waals surface area contributed by atoms with Crippen molar-refractivity contribution < 1.29 is 24.2 Å². The summed E-state index contributed by atoms with van der Waals surface area (Å²) in [6.07, 6.45) is 0. The van der Waals surface area contributed by atoms with Gasteiger partial charge in [-0.1, -0.05) is 13.2 Å². The Balaban J connectivity index is 4.41. The molecule has 0 unspecified atom stereocenters. The maximum absolute atomic E-state index is 11.2. The Hall–Kier alpha value is -2.11. The summed E-state index contributed by atoms with van der Waals surface area (Å²) >= 11 is 0. The van der Waals surface area contributed by atoms with Crippen LogP contribution in [0.2, 0.25) is 0 Å². The molecule has 6 nitrogen and oxygen atoms in total. The highest BCUT2D eigenvalue weighted by atomic mass is 16.5. The third-order valence-electron chi connectivity index (χ3n) is 1.72. The zero-order valence-electron chi connectivity index (χ0n) is 9.78. The number of hydrogen-bond acceptors (Lipinski definition) is 4. The molecule has 0 aliphatic heterocycles. The van der Waals surface area contributed by atoms with E-state index in [1.165, 1.54) is 13.8 Å². The molecule has 0 aromatic carbocycles. The number of hydrogen-bond donors (Lipinski definition) is 2. The van der Waals surface area contributed by atoms with Gasteiger partial charge in [-0.25, -0.2) is 9.59 Å². The van der Waals surface area contributed by atoms with Gasteiger partial charge >= 0.3 is 11.9 Å². The molecule has 0 heterocycles. The van der Waals surface area contributed by atoms with Crippen LogP contribution in [-0.2, 0) is 19.1 Å². The molecule has 0 aromatic heterocycles. The van der Waals surface area contributed by atoms with Gasteiger partial charge in [-0.3, -0.25) is 4.79 Å². The minimum absolute atomic E-state index is 0.153. The van der Waals surface area contributed by atoms with Crippen LogP contribution in [0.5, 0.6) is 0 Å². The summed E-state index contributed by atoms with van der Waals surface area (Å²) in [5.74, 6) is -2.61. The third kappa shape index (κ3) is 5.50. The van der Waals surface area contributed by atoms with E-state index in [1.54, 1.807) is 0 Å². The fourth-order valence-electron chi connectivity index (χ4n) is 0.738. The first-order chi connectivity index (χ1) is 7.75. The highest BCUT2D eigenvalue weighted by Crippen LogP contribution is 1.96. The lowest BCUT2D eigenvalue weighted by atomic mass is 10.2. The lowest BCUT2D eigenvalue weighted by Gasteiger charge is -2.14. The number of carboxylic acid groups (broad SMARTS) is 1. The van der Waals surface area contributed by atoms with E-state index >= 15 is 0 Å². The van der Waals surface area contributed by atoms with E-state index in [1.807, 2.05) is 0 Å². The summed E-state index contributed by atoms with van der Waals surface area (Å²) in [5.41, 5.74) is 0.322. The summed E-state index contributed by atoms with van der Waals surface area (Å²) < 4.78 is 4.64.